The Morgan fingerprint density at radius 1 is 0.794 bits per heavy atom. The summed E-state index contributed by atoms with van der Waals surface area (Å²) in [5.74, 6) is 3.46. The summed E-state index contributed by atoms with van der Waals surface area (Å²) in [5.41, 5.74) is 0.361. The minimum Gasteiger partial charge on any atom is -0.454 e. The van der Waals surface area contributed by atoms with Gasteiger partial charge in [0.05, 0.1) is 13.2 Å². The van der Waals surface area contributed by atoms with Crippen LogP contribution < -0.4 is 14.5 Å². The van der Waals surface area contributed by atoms with Gasteiger partial charge in [0, 0.05) is 44.8 Å². The Morgan fingerprint density at radius 3 is 1.85 bits per heavy atom. The van der Waals surface area contributed by atoms with Gasteiger partial charge in [-0.3, -0.25) is 4.90 Å². The topological polar surface area (TPSA) is 66.9 Å². The fourth-order valence-corrected chi connectivity index (χ4v) is 7.43. The highest BCUT2D eigenvalue weighted by atomic mass is 19.4. The molecule has 1 aromatic heterocycles. The fraction of sp³-hybridized carbons (Fsp3) is 0.870. The molecule has 0 amide bonds. The highest BCUT2D eigenvalue weighted by Gasteiger charge is 2.53. The molecule has 0 N–H and O–H groups in total. The van der Waals surface area contributed by atoms with Gasteiger partial charge in [0.1, 0.15) is 0 Å². The number of hydrogen-bond donors (Lipinski definition) is 0. The monoisotopic (exact) mass is 482 g/mol. The standard InChI is InChI=1S/C23H33F3N6O2/c24-23(25,26)15-34-21-28-19(27-20(29-21)31-5-7-33-8-6-31)30-1-3-32(4-2-30)22-12-16-9-17(13-22)11-18(10-16)14-22/h16-18H,1-15H2. The third-order valence-electron chi connectivity index (χ3n) is 8.49. The second-order valence-corrected chi connectivity index (χ2v) is 10.8. The number of nitrogens with zero attached hydrogens (tertiary/aromatic N) is 6. The van der Waals surface area contributed by atoms with Gasteiger partial charge in [-0.15, -0.1) is 0 Å². The minimum absolute atomic E-state index is 0.271. The zero-order chi connectivity index (χ0) is 23.3. The third kappa shape index (κ3) is 4.53. The summed E-state index contributed by atoms with van der Waals surface area (Å²) in [6, 6.07) is -0.271. The van der Waals surface area contributed by atoms with Gasteiger partial charge in [-0.2, -0.15) is 28.1 Å². The molecule has 4 aliphatic carbocycles. The van der Waals surface area contributed by atoms with Crippen LogP contribution >= 0.6 is 0 Å². The van der Waals surface area contributed by atoms with Crippen LogP contribution in [0, 0.1) is 17.8 Å². The SMILES string of the molecule is FC(F)(F)COc1nc(N2CCOCC2)nc(N2CCN(C34CC5CC(CC(C5)C3)C4)CC2)n1. The number of aromatic nitrogens is 3. The van der Waals surface area contributed by atoms with E-state index in [0.29, 0.717) is 43.7 Å². The molecule has 8 nitrogen and oxygen atoms in total. The maximum absolute atomic E-state index is 12.8. The van der Waals surface area contributed by atoms with E-state index in [1.807, 2.05) is 4.90 Å². The van der Waals surface area contributed by atoms with E-state index in [9.17, 15) is 13.2 Å². The van der Waals surface area contributed by atoms with E-state index in [4.69, 9.17) is 9.47 Å². The number of alkyl halides is 3. The molecule has 2 saturated heterocycles. The summed E-state index contributed by atoms with van der Waals surface area (Å²) in [5, 5.41) is 0. The summed E-state index contributed by atoms with van der Waals surface area (Å²) in [6.45, 7) is 4.20. The van der Waals surface area contributed by atoms with Crippen LogP contribution in [0.25, 0.3) is 0 Å². The van der Waals surface area contributed by atoms with Crippen LogP contribution in [-0.4, -0.2) is 90.7 Å². The van der Waals surface area contributed by atoms with Gasteiger partial charge in [0.15, 0.2) is 6.61 Å². The number of anilines is 2. The van der Waals surface area contributed by atoms with Crippen molar-refractivity contribution in [1.29, 1.82) is 0 Å². The van der Waals surface area contributed by atoms with Crippen LogP contribution in [-0.2, 0) is 4.74 Å². The van der Waals surface area contributed by atoms with Crippen molar-refractivity contribution in [3.8, 4) is 6.01 Å². The maximum Gasteiger partial charge on any atom is 0.422 e. The van der Waals surface area contributed by atoms with Crippen molar-refractivity contribution < 1.29 is 22.6 Å². The first-order chi connectivity index (χ1) is 16.4. The second-order valence-electron chi connectivity index (χ2n) is 10.8. The molecule has 0 atom stereocenters. The predicted octanol–water partition coefficient (Wildman–Crippen LogP) is 2.74. The molecule has 7 rings (SSSR count). The van der Waals surface area contributed by atoms with Gasteiger partial charge in [0.25, 0.3) is 0 Å². The third-order valence-corrected chi connectivity index (χ3v) is 8.49. The average Bonchev–Trinajstić information content (AvgIpc) is 2.82. The van der Waals surface area contributed by atoms with Crippen molar-refractivity contribution in [2.75, 3.05) is 68.9 Å². The molecular weight excluding hydrogens is 449 g/mol. The lowest BCUT2D eigenvalue weighted by Crippen LogP contribution is -2.64. The Labute approximate surface area is 197 Å². The molecule has 0 unspecified atom stereocenters. The highest BCUT2D eigenvalue weighted by molar-refractivity contribution is 5.41. The first kappa shape index (κ1) is 22.6. The van der Waals surface area contributed by atoms with E-state index in [1.54, 1.807) is 0 Å². The van der Waals surface area contributed by atoms with Crippen molar-refractivity contribution in [2.24, 2.45) is 17.8 Å². The molecule has 0 radical (unpaired) electrons. The molecule has 188 valence electrons. The summed E-state index contributed by atoms with van der Waals surface area (Å²) >= 11 is 0. The van der Waals surface area contributed by atoms with Crippen LogP contribution in [0.4, 0.5) is 25.1 Å². The Balaban J connectivity index is 1.17. The molecular formula is C23H33F3N6O2. The summed E-state index contributed by atoms with van der Waals surface area (Å²) in [6.07, 6.45) is 3.83. The van der Waals surface area contributed by atoms with Crippen LogP contribution in [0.15, 0.2) is 0 Å². The van der Waals surface area contributed by atoms with E-state index in [1.165, 1.54) is 38.5 Å². The molecule has 6 fully saturated rings. The zero-order valence-electron chi connectivity index (χ0n) is 19.5. The van der Waals surface area contributed by atoms with Crippen molar-refractivity contribution in [1.82, 2.24) is 19.9 Å². The Kier molecular flexibility index (Phi) is 5.75. The summed E-state index contributed by atoms with van der Waals surface area (Å²) in [7, 11) is 0. The molecule has 0 spiro atoms. The van der Waals surface area contributed by atoms with E-state index >= 15 is 0 Å². The molecule has 11 heteroatoms. The zero-order valence-corrected chi connectivity index (χ0v) is 19.5. The number of piperazine rings is 1. The Bertz CT molecular complexity index is 851. The molecule has 1 aromatic rings. The van der Waals surface area contributed by atoms with Gasteiger partial charge in [0.2, 0.25) is 11.9 Å². The number of rotatable bonds is 5. The highest BCUT2D eigenvalue weighted by Crippen LogP contribution is 2.57. The molecule has 4 saturated carbocycles. The smallest absolute Gasteiger partial charge is 0.422 e. The lowest BCUT2D eigenvalue weighted by molar-refractivity contribution is -0.154. The Hall–Kier alpha value is -1.88. The largest absolute Gasteiger partial charge is 0.454 e. The van der Waals surface area contributed by atoms with Crippen LogP contribution in [0.2, 0.25) is 0 Å². The van der Waals surface area contributed by atoms with Crippen molar-refractivity contribution in [2.45, 2.75) is 50.2 Å². The lowest BCUT2D eigenvalue weighted by Gasteiger charge is -2.61. The van der Waals surface area contributed by atoms with Crippen molar-refractivity contribution in [3.63, 3.8) is 0 Å². The van der Waals surface area contributed by atoms with Gasteiger partial charge in [-0.25, -0.2) is 0 Å². The Morgan fingerprint density at radius 2 is 1.32 bits per heavy atom. The lowest BCUT2D eigenvalue weighted by atomic mass is 9.52. The quantitative estimate of drug-likeness (QED) is 0.635. The van der Waals surface area contributed by atoms with Crippen molar-refractivity contribution in [3.05, 3.63) is 0 Å². The molecule has 6 aliphatic rings. The number of ether oxygens (including phenoxy) is 2. The van der Waals surface area contributed by atoms with Crippen LogP contribution in [0.5, 0.6) is 6.01 Å². The number of morpholine rings is 1. The molecule has 2 aliphatic heterocycles. The predicted molar refractivity (Wildman–Crippen MR) is 119 cm³/mol. The van der Waals surface area contributed by atoms with E-state index in [0.717, 1.165) is 43.9 Å². The van der Waals surface area contributed by atoms with Gasteiger partial charge >= 0.3 is 12.2 Å². The molecule has 3 heterocycles. The van der Waals surface area contributed by atoms with Crippen molar-refractivity contribution >= 4 is 11.9 Å². The van der Waals surface area contributed by atoms with Gasteiger partial charge < -0.3 is 19.3 Å². The second kappa shape index (κ2) is 8.65. The van der Waals surface area contributed by atoms with Gasteiger partial charge in [-0.05, 0) is 56.3 Å². The average molecular weight is 483 g/mol. The molecule has 0 aromatic carbocycles. The minimum atomic E-state index is -4.45. The first-order valence-electron chi connectivity index (χ1n) is 12.6. The summed E-state index contributed by atoms with van der Waals surface area (Å²) < 4.78 is 48.6. The molecule has 4 bridgehead atoms. The number of hydrogen-bond acceptors (Lipinski definition) is 8. The summed E-state index contributed by atoms with van der Waals surface area (Å²) in [4.78, 5) is 19.8. The first-order valence-corrected chi connectivity index (χ1v) is 12.6. The molecule has 34 heavy (non-hydrogen) atoms. The normalized spacial score (nSPS) is 34.0. The van der Waals surface area contributed by atoms with Crippen LogP contribution in [0.3, 0.4) is 0 Å². The fourth-order valence-electron chi connectivity index (χ4n) is 7.43. The van der Waals surface area contributed by atoms with E-state index in [2.05, 4.69) is 24.8 Å². The van der Waals surface area contributed by atoms with Crippen LogP contribution in [0.1, 0.15) is 38.5 Å². The number of halogens is 3. The maximum atomic E-state index is 12.8. The van der Waals surface area contributed by atoms with E-state index < -0.39 is 12.8 Å². The van der Waals surface area contributed by atoms with Gasteiger partial charge in [-0.1, -0.05) is 0 Å². The van der Waals surface area contributed by atoms with E-state index in [-0.39, 0.29) is 6.01 Å².